The summed E-state index contributed by atoms with van der Waals surface area (Å²) >= 11 is 3.35. The quantitative estimate of drug-likeness (QED) is 0.828. The SMILES string of the molecule is Cc1c(N)cc(Br)cc1C(=O)N(C)c1ccc(O)cc1. The molecule has 4 nitrogen and oxygen atoms in total. The lowest BCUT2D eigenvalue weighted by atomic mass is 10.1. The van der Waals surface area contributed by atoms with Gasteiger partial charge in [-0.3, -0.25) is 4.79 Å². The molecule has 0 spiro atoms. The van der Waals surface area contributed by atoms with Gasteiger partial charge in [0.25, 0.3) is 5.91 Å². The van der Waals surface area contributed by atoms with Crippen molar-refractivity contribution in [2.45, 2.75) is 6.92 Å². The largest absolute Gasteiger partial charge is 0.508 e. The Bertz CT molecular complexity index is 654. The van der Waals surface area contributed by atoms with Crippen LogP contribution in [0.3, 0.4) is 0 Å². The second kappa shape index (κ2) is 5.54. The van der Waals surface area contributed by atoms with E-state index in [2.05, 4.69) is 15.9 Å². The molecular formula is C15H15BrN2O2. The molecule has 0 bridgehead atoms. The summed E-state index contributed by atoms with van der Waals surface area (Å²) in [6, 6.07) is 9.98. The first kappa shape index (κ1) is 14.4. The van der Waals surface area contributed by atoms with Crippen LogP contribution in [-0.2, 0) is 0 Å². The van der Waals surface area contributed by atoms with Gasteiger partial charge in [-0.2, -0.15) is 0 Å². The summed E-state index contributed by atoms with van der Waals surface area (Å²) in [6.45, 7) is 1.82. The van der Waals surface area contributed by atoms with E-state index in [1.54, 1.807) is 43.4 Å². The molecule has 104 valence electrons. The van der Waals surface area contributed by atoms with Crippen LogP contribution < -0.4 is 10.6 Å². The number of carbonyl (C=O) groups excluding carboxylic acids is 1. The molecule has 0 aliphatic carbocycles. The number of aromatic hydroxyl groups is 1. The third kappa shape index (κ3) is 2.77. The maximum Gasteiger partial charge on any atom is 0.258 e. The number of nitrogens with two attached hydrogens (primary N) is 1. The molecule has 1 amide bonds. The molecule has 5 heteroatoms. The fourth-order valence-electron chi connectivity index (χ4n) is 1.90. The van der Waals surface area contributed by atoms with Gasteiger partial charge in [-0.15, -0.1) is 0 Å². The van der Waals surface area contributed by atoms with Gasteiger partial charge >= 0.3 is 0 Å². The highest BCUT2D eigenvalue weighted by Gasteiger charge is 2.17. The third-order valence-electron chi connectivity index (χ3n) is 3.18. The number of carbonyl (C=O) groups is 1. The van der Waals surface area contributed by atoms with E-state index in [0.717, 1.165) is 10.0 Å². The second-order valence-electron chi connectivity index (χ2n) is 4.55. The van der Waals surface area contributed by atoms with E-state index in [9.17, 15) is 9.90 Å². The number of nitrogen functional groups attached to an aromatic ring is 1. The van der Waals surface area contributed by atoms with Crippen LogP contribution in [0, 0.1) is 6.92 Å². The fourth-order valence-corrected chi connectivity index (χ4v) is 2.37. The summed E-state index contributed by atoms with van der Waals surface area (Å²) in [5, 5.41) is 9.28. The van der Waals surface area contributed by atoms with E-state index in [-0.39, 0.29) is 11.7 Å². The highest BCUT2D eigenvalue weighted by atomic mass is 79.9. The standard InChI is InChI=1S/C15H15BrN2O2/c1-9-13(7-10(16)8-14(9)17)15(20)18(2)11-3-5-12(19)6-4-11/h3-8,19H,17H2,1-2H3. The van der Waals surface area contributed by atoms with Crippen LogP contribution in [0.15, 0.2) is 40.9 Å². The monoisotopic (exact) mass is 334 g/mol. The number of hydrogen-bond donors (Lipinski definition) is 2. The molecular weight excluding hydrogens is 320 g/mol. The summed E-state index contributed by atoms with van der Waals surface area (Å²) < 4.78 is 0.767. The zero-order valence-electron chi connectivity index (χ0n) is 11.2. The molecule has 3 N–H and O–H groups in total. The molecule has 0 aromatic heterocycles. The van der Waals surface area contributed by atoms with Gasteiger partial charge in [0.15, 0.2) is 0 Å². The minimum atomic E-state index is -0.152. The summed E-state index contributed by atoms with van der Waals surface area (Å²) in [6.07, 6.45) is 0. The Labute approximate surface area is 126 Å². The minimum Gasteiger partial charge on any atom is -0.508 e. The number of halogens is 1. The second-order valence-corrected chi connectivity index (χ2v) is 5.46. The van der Waals surface area contributed by atoms with Gasteiger partial charge < -0.3 is 15.7 Å². The molecule has 0 atom stereocenters. The molecule has 0 radical (unpaired) electrons. The van der Waals surface area contributed by atoms with Crippen molar-refractivity contribution in [2.24, 2.45) is 0 Å². The number of amides is 1. The van der Waals surface area contributed by atoms with Crippen molar-refractivity contribution in [1.82, 2.24) is 0 Å². The van der Waals surface area contributed by atoms with E-state index in [1.165, 1.54) is 4.90 Å². The fraction of sp³-hybridized carbons (Fsp3) is 0.133. The zero-order valence-corrected chi connectivity index (χ0v) is 12.8. The first-order valence-corrected chi connectivity index (χ1v) is 6.82. The molecule has 0 aliphatic rings. The molecule has 0 saturated carbocycles. The Morgan fingerprint density at radius 2 is 1.85 bits per heavy atom. The molecule has 0 aliphatic heterocycles. The summed E-state index contributed by atoms with van der Waals surface area (Å²) in [7, 11) is 1.69. The van der Waals surface area contributed by atoms with Crippen LogP contribution in [0.1, 0.15) is 15.9 Å². The summed E-state index contributed by atoms with van der Waals surface area (Å²) in [5.74, 6) is 0.0127. The molecule has 0 heterocycles. The molecule has 2 aromatic rings. The van der Waals surface area contributed by atoms with Gasteiger partial charge in [-0.1, -0.05) is 15.9 Å². The van der Waals surface area contributed by atoms with Crippen molar-refractivity contribution < 1.29 is 9.90 Å². The molecule has 0 unspecified atom stereocenters. The minimum absolute atomic E-state index is 0.152. The predicted molar refractivity (Wildman–Crippen MR) is 84.1 cm³/mol. The van der Waals surface area contributed by atoms with Crippen LogP contribution in [0.5, 0.6) is 5.75 Å². The predicted octanol–water partition coefficient (Wildman–Crippen LogP) is 3.32. The Hall–Kier alpha value is -2.01. The molecule has 0 saturated heterocycles. The Morgan fingerprint density at radius 1 is 1.25 bits per heavy atom. The lowest BCUT2D eigenvalue weighted by Crippen LogP contribution is -2.27. The third-order valence-corrected chi connectivity index (χ3v) is 3.64. The maximum absolute atomic E-state index is 12.5. The number of rotatable bonds is 2. The number of phenolic OH excluding ortho intramolecular Hbond substituents is 1. The molecule has 2 rings (SSSR count). The van der Waals surface area contributed by atoms with Crippen LogP contribution in [-0.4, -0.2) is 18.1 Å². The van der Waals surface area contributed by atoms with Crippen LogP contribution >= 0.6 is 15.9 Å². The number of anilines is 2. The number of benzene rings is 2. The van der Waals surface area contributed by atoms with Crippen LogP contribution in [0.25, 0.3) is 0 Å². The first-order chi connectivity index (χ1) is 9.40. The van der Waals surface area contributed by atoms with Gasteiger partial charge in [0.2, 0.25) is 0 Å². The van der Waals surface area contributed by atoms with Gasteiger partial charge in [0.1, 0.15) is 5.75 Å². The van der Waals surface area contributed by atoms with Crippen molar-refractivity contribution in [2.75, 3.05) is 17.7 Å². The van der Waals surface area contributed by atoms with Crippen molar-refractivity contribution in [3.8, 4) is 5.75 Å². The lowest BCUT2D eigenvalue weighted by Gasteiger charge is -2.19. The van der Waals surface area contributed by atoms with Gasteiger partial charge in [-0.25, -0.2) is 0 Å². The molecule has 0 fully saturated rings. The van der Waals surface area contributed by atoms with Gasteiger partial charge in [-0.05, 0) is 48.9 Å². The van der Waals surface area contributed by atoms with Gasteiger partial charge in [0, 0.05) is 28.5 Å². The van der Waals surface area contributed by atoms with E-state index >= 15 is 0 Å². The Morgan fingerprint density at radius 3 is 2.45 bits per heavy atom. The smallest absolute Gasteiger partial charge is 0.258 e. The van der Waals surface area contributed by atoms with E-state index < -0.39 is 0 Å². The van der Waals surface area contributed by atoms with E-state index in [1.807, 2.05) is 6.92 Å². The average molecular weight is 335 g/mol. The summed E-state index contributed by atoms with van der Waals surface area (Å²) in [4.78, 5) is 14.1. The lowest BCUT2D eigenvalue weighted by molar-refractivity contribution is 0.0992. The highest BCUT2D eigenvalue weighted by molar-refractivity contribution is 9.10. The normalized spacial score (nSPS) is 10.3. The zero-order chi connectivity index (χ0) is 14.9. The number of phenols is 1. The number of hydrogen-bond acceptors (Lipinski definition) is 3. The van der Waals surface area contributed by atoms with Crippen LogP contribution in [0.2, 0.25) is 0 Å². The average Bonchev–Trinajstić information content (AvgIpc) is 2.42. The van der Waals surface area contributed by atoms with Crippen LogP contribution in [0.4, 0.5) is 11.4 Å². The van der Waals surface area contributed by atoms with Crippen molar-refractivity contribution in [1.29, 1.82) is 0 Å². The van der Waals surface area contributed by atoms with Crippen molar-refractivity contribution in [3.63, 3.8) is 0 Å². The van der Waals surface area contributed by atoms with Gasteiger partial charge in [0.05, 0.1) is 0 Å². The first-order valence-electron chi connectivity index (χ1n) is 6.03. The summed E-state index contributed by atoms with van der Waals surface area (Å²) in [5.41, 5.74) is 8.46. The van der Waals surface area contributed by atoms with Crippen molar-refractivity contribution in [3.05, 3.63) is 52.0 Å². The number of nitrogens with zero attached hydrogens (tertiary/aromatic N) is 1. The van der Waals surface area contributed by atoms with Crippen molar-refractivity contribution >= 4 is 33.2 Å². The Kier molecular flexibility index (Phi) is 3.99. The maximum atomic E-state index is 12.5. The molecule has 20 heavy (non-hydrogen) atoms. The highest BCUT2D eigenvalue weighted by Crippen LogP contribution is 2.26. The van der Waals surface area contributed by atoms with E-state index in [0.29, 0.717) is 16.9 Å². The Balaban J connectivity index is 2.38. The molecule has 2 aromatic carbocycles. The topological polar surface area (TPSA) is 66.6 Å². The van der Waals surface area contributed by atoms with E-state index in [4.69, 9.17) is 5.73 Å².